The van der Waals surface area contributed by atoms with Gasteiger partial charge in [0.2, 0.25) is 0 Å². The standard InChI is InChI=1S/C11H20N2OS/c1-8-9(2)15-10(13-8)12-7-11(3,4)5-6-14/h14H,5-7H2,1-4H3,(H,12,13). The van der Waals surface area contributed by atoms with Gasteiger partial charge in [0.1, 0.15) is 0 Å². The van der Waals surface area contributed by atoms with Crippen LogP contribution >= 0.6 is 11.3 Å². The second-order valence-corrected chi connectivity index (χ2v) is 5.86. The van der Waals surface area contributed by atoms with Gasteiger partial charge in [0.15, 0.2) is 5.13 Å². The van der Waals surface area contributed by atoms with E-state index in [-0.39, 0.29) is 12.0 Å². The van der Waals surface area contributed by atoms with Crippen LogP contribution in [0, 0.1) is 19.3 Å². The Labute approximate surface area is 95.6 Å². The lowest BCUT2D eigenvalue weighted by Crippen LogP contribution is -2.24. The zero-order valence-electron chi connectivity index (χ0n) is 9.92. The van der Waals surface area contributed by atoms with E-state index in [9.17, 15) is 0 Å². The van der Waals surface area contributed by atoms with E-state index in [2.05, 4.69) is 31.1 Å². The number of aliphatic hydroxyl groups is 1. The van der Waals surface area contributed by atoms with Crippen molar-refractivity contribution in [2.75, 3.05) is 18.5 Å². The largest absolute Gasteiger partial charge is 0.396 e. The predicted molar refractivity (Wildman–Crippen MR) is 65.6 cm³/mol. The van der Waals surface area contributed by atoms with Crippen LogP contribution in [0.15, 0.2) is 0 Å². The van der Waals surface area contributed by atoms with Gasteiger partial charge in [-0.25, -0.2) is 4.98 Å². The predicted octanol–water partition coefficient (Wildman–Crippen LogP) is 2.58. The van der Waals surface area contributed by atoms with Crippen molar-refractivity contribution in [1.29, 1.82) is 0 Å². The molecular formula is C11H20N2OS. The Morgan fingerprint density at radius 1 is 1.40 bits per heavy atom. The Bertz CT molecular complexity index is 301. The van der Waals surface area contributed by atoms with Gasteiger partial charge in [-0.05, 0) is 25.7 Å². The van der Waals surface area contributed by atoms with E-state index in [0.29, 0.717) is 0 Å². The highest BCUT2D eigenvalue weighted by Crippen LogP contribution is 2.24. The van der Waals surface area contributed by atoms with Gasteiger partial charge in [0, 0.05) is 18.0 Å². The van der Waals surface area contributed by atoms with Gasteiger partial charge in [-0.15, -0.1) is 11.3 Å². The highest BCUT2D eigenvalue weighted by Gasteiger charge is 2.17. The first-order valence-corrected chi connectivity index (χ1v) is 6.05. The monoisotopic (exact) mass is 228 g/mol. The van der Waals surface area contributed by atoms with Crippen molar-refractivity contribution in [1.82, 2.24) is 4.98 Å². The third-order valence-electron chi connectivity index (χ3n) is 2.54. The number of hydrogen-bond acceptors (Lipinski definition) is 4. The van der Waals surface area contributed by atoms with Gasteiger partial charge < -0.3 is 10.4 Å². The Morgan fingerprint density at radius 2 is 2.07 bits per heavy atom. The molecule has 4 heteroatoms. The molecule has 0 radical (unpaired) electrons. The first kappa shape index (κ1) is 12.5. The summed E-state index contributed by atoms with van der Waals surface area (Å²) in [7, 11) is 0. The van der Waals surface area contributed by atoms with Crippen LogP contribution in [0.4, 0.5) is 5.13 Å². The van der Waals surface area contributed by atoms with Crippen molar-refractivity contribution in [2.45, 2.75) is 34.1 Å². The number of nitrogens with zero attached hydrogens (tertiary/aromatic N) is 1. The summed E-state index contributed by atoms with van der Waals surface area (Å²) in [4.78, 5) is 5.68. The van der Waals surface area contributed by atoms with Gasteiger partial charge in [-0.1, -0.05) is 13.8 Å². The normalized spacial score (nSPS) is 11.8. The van der Waals surface area contributed by atoms with Crippen molar-refractivity contribution < 1.29 is 5.11 Å². The molecule has 1 heterocycles. The summed E-state index contributed by atoms with van der Waals surface area (Å²) in [5, 5.41) is 13.2. The van der Waals surface area contributed by atoms with Gasteiger partial charge in [0.05, 0.1) is 5.69 Å². The number of anilines is 1. The van der Waals surface area contributed by atoms with Crippen molar-refractivity contribution in [2.24, 2.45) is 5.41 Å². The first-order chi connectivity index (χ1) is 6.94. The highest BCUT2D eigenvalue weighted by molar-refractivity contribution is 7.15. The summed E-state index contributed by atoms with van der Waals surface area (Å²) < 4.78 is 0. The van der Waals surface area contributed by atoms with Gasteiger partial charge in [0.25, 0.3) is 0 Å². The van der Waals surface area contributed by atoms with Crippen LogP contribution in [0.3, 0.4) is 0 Å². The first-order valence-electron chi connectivity index (χ1n) is 5.23. The third kappa shape index (κ3) is 3.80. The summed E-state index contributed by atoms with van der Waals surface area (Å²) in [5.74, 6) is 0. The van der Waals surface area contributed by atoms with Crippen molar-refractivity contribution in [3.63, 3.8) is 0 Å². The van der Waals surface area contributed by atoms with Gasteiger partial charge in [-0.3, -0.25) is 0 Å². The molecule has 0 amide bonds. The molecular weight excluding hydrogens is 208 g/mol. The van der Waals surface area contributed by atoms with Crippen LogP contribution in [-0.4, -0.2) is 23.2 Å². The van der Waals surface area contributed by atoms with E-state index in [0.717, 1.165) is 23.8 Å². The lowest BCUT2D eigenvalue weighted by atomic mass is 9.90. The fourth-order valence-electron chi connectivity index (χ4n) is 1.25. The van der Waals surface area contributed by atoms with Crippen LogP contribution in [0.5, 0.6) is 0 Å². The molecule has 0 saturated carbocycles. The van der Waals surface area contributed by atoms with E-state index in [1.54, 1.807) is 11.3 Å². The van der Waals surface area contributed by atoms with Gasteiger partial charge >= 0.3 is 0 Å². The minimum Gasteiger partial charge on any atom is -0.396 e. The van der Waals surface area contributed by atoms with Crippen molar-refractivity contribution >= 4 is 16.5 Å². The average Bonchev–Trinajstić information content (AvgIpc) is 2.44. The molecule has 0 spiro atoms. The minimum absolute atomic E-state index is 0.113. The number of rotatable bonds is 5. The second-order valence-electron chi connectivity index (χ2n) is 4.65. The molecule has 86 valence electrons. The zero-order chi connectivity index (χ0) is 11.5. The summed E-state index contributed by atoms with van der Waals surface area (Å²) >= 11 is 1.69. The molecule has 0 atom stereocenters. The van der Waals surface area contributed by atoms with Crippen molar-refractivity contribution in [3.05, 3.63) is 10.6 Å². The summed E-state index contributed by atoms with van der Waals surface area (Å²) in [5.41, 5.74) is 1.21. The maximum Gasteiger partial charge on any atom is 0.183 e. The number of aliphatic hydroxyl groups excluding tert-OH is 1. The Balaban J connectivity index is 2.49. The number of nitrogens with one attached hydrogen (secondary N) is 1. The maximum atomic E-state index is 8.91. The minimum atomic E-state index is 0.113. The third-order valence-corrected chi connectivity index (χ3v) is 3.57. The molecule has 3 nitrogen and oxygen atoms in total. The molecule has 0 bridgehead atoms. The number of aromatic nitrogens is 1. The average molecular weight is 228 g/mol. The SMILES string of the molecule is Cc1nc(NCC(C)(C)CCO)sc1C. The number of thiazole rings is 1. The molecule has 2 N–H and O–H groups in total. The topological polar surface area (TPSA) is 45.2 Å². The van der Waals surface area contributed by atoms with E-state index in [1.165, 1.54) is 4.88 Å². The zero-order valence-corrected chi connectivity index (χ0v) is 10.7. The van der Waals surface area contributed by atoms with E-state index >= 15 is 0 Å². The number of hydrogen-bond donors (Lipinski definition) is 2. The van der Waals surface area contributed by atoms with Gasteiger partial charge in [-0.2, -0.15) is 0 Å². The maximum absolute atomic E-state index is 8.91. The molecule has 1 rings (SSSR count). The van der Waals surface area contributed by atoms with E-state index in [1.807, 2.05) is 6.92 Å². The molecule has 0 unspecified atom stereocenters. The molecule has 0 aliphatic rings. The highest BCUT2D eigenvalue weighted by atomic mass is 32.1. The van der Waals surface area contributed by atoms with Crippen LogP contribution < -0.4 is 5.32 Å². The molecule has 0 saturated heterocycles. The quantitative estimate of drug-likeness (QED) is 0.814. The molecule has 0 aliphatic heterocycles. The Kier molecular flexibility index (Phi) is 4.11. The molecule has 0 aliphatic carbocycles. The lowest BCUT2D eigenvalue weighted by molar-refractivity contribution is 0.220. The number of aryl methyl sites for hydroxylation is 2. The van der Waals surface area contributed by atoms with E-state index in [4.69, 9.17) is 5.11 Å². The van der Waals surface area contributed by atoms with Crippen LogP contribution in [-0.2, 0) is 0 Å². The van der Waals surface area contributed by atoms with Crippen molar-refractivity contribution in [3.8, 4) is 0 Å². The Hall–Kier alpha value is -0.610. The smallest absolute Gasteiger partial charge is 0.183 e. The fourth-order valence-corrected chi connectivity index (χ4v) is 2.06. The molecule has 15 heavy (non-hydrogen) atoms. The van der Waals surface area contributed by atoms with Crippen LogP contribution in [0.25, 0.3) is 0 Å². The molecule has 0 fully saturated rings. The van der Waals surface area contributed by atoms with Crippen LogP contribution in [0.2, 0.25) is 0 Å². The summed E-state index contributed by atoms with van der Waals surface area (Å²) in [6, 6.07) is 0. The molecule has 0 aromatic carbocycles. The summed E-state index contributed by atoms with van der Waals surface area (Å²) in [6.07, 6.45) is 0.809. The second kappa shape index (κ2) is 4.94. The molecule has 1 aromatic heterocycles. The lowest BCUT2D eigenvalue weighted by Gasteiger charge is -2.23. The summed E-state index contributed by atoms with van der Waals surface area (Å²) in [6.45, 7) is 9.48. The van der Waals surface area contributed by atoms with Crippen LogP contribution in [0.1, 0.15) is 30.8 Å². The molecule has 1 aromatic rings. The Morgan fingerprint density at radius 3 is 2.53 bits per heavy atom. The van der Waals surface area contributed by atoms with E-state index < -0.39 is 0 Å². The fraction of sp³-hybridized carbons (Fsp3) is 0.727.